The Morgan fingerprint density at radius 3 is 1.31 bits per heavy atom. The minimum absolute atomic E-state index is 0.00884. The summed E-state index contributed by atoms with van der Waals surface area (Å²) in [4.78, 5) is 21.2. The standard InChI is InChI=1S/C20H22O6/c21-19(22)13-15-3-7-17(8-4-15)25-11-1-2-12-26-18-9-5-16(6-10-18)14-20(23)24/h3-10H,1-2,11-14H2,(H,21,22)(H,23,24). The van der Waals surface area contributed by atoms with E-state index in [2.05, 4.69) is 0 Å². The summed E-state index contributed by atoms with van der Waals surface area (Å²) in [5.74, 6) is -0.270. The van der Waals surface area contributed by atoms with Gasteiger partial charge in [0.25, 0.3) is 0 Å². The van der Waals surface area contributed by atoms with Crippen molar-refractivity contribution in [1.29, 1.82) is 0 Å². The van der Waals surface area contributed by atoms with Crippen molar-refractivity contribution in [1.82, 2.24) is 0 Å². The van der Waals surface area contributed by atoms with Gasteiger partial charge in [0.1, 0.15) is 11.5 Å². The van der Waals surface area contributed by atoms with E-state index in [1.807, 2.05) is 0 Å². The van der Waals surface area contributed by atoms with Crippen LogP contribution in [0.4, 0.5) is 0 Å². The Labute approximate surface area is 152 Å². The van der Waals surface area contributed by atoms with E-state index in [9.17, 15) is 9.59 Å². The first-order valence-electron chi connectivity index (χ1n) is 8.40. The third kappa shape index (κ3) is 7.25. The summed E-state index contributed by atoms with van der Waals surface area (Å²) in [6.07, 6.45) is 1.67. The van der Waals surface area contributed by atoms with Gasteiger partial charge in [-0.25, -0.2) is 0 Å². The minimum atomic E-state index is -0.852. The van der Waals surface area contributed by atoms with Gasteiger partial charge in [0, 0.05) is 0 Å². The van der Waals surface area contributed by atoms with Crippen molar-refractivity contribution in [3.8, 4) is 11.5 Å². The molecule has 2 N–H and O–H groups in total. The molecule has 0 bridgehead atoms. The number of rotatable bonds is 11. The van der Waals surface area contributed by atoms with Crippen molar-refractivity contribution in [2.45, 2.75) is 25.7 Å². The van der Waals surface area contributed by atoms with E-state index >= 15 is 0 Å². The Hall–Kier alpha value is -3.02. The Morgan fingerprint density at radius 2 is 1.00 bits per heavy atom. The van der Waals surface area contributed by atoms with Crippen LogP contribution in [0.15, 0.2) is 48.5 Å². The van der Waals surface area contributed by atoms with Gasteiger partial charge in [-0.1, -0.05) is 24.3 Å². The molecule has 0 aliphatic rings. The Balaban J connectivity index is 1.60. The molecule has 2 rings (SSSR count). The third-order valence-corrected chi connectivity index (χ3v) is 3.63. The Kier molecular flexibility index (Phi) is 7.49. The highest BCUT2D eigenvalue weighted by atomic mass is 16.5. The molecule has 26 heavy (non-hydrogen) atoms. The normalized spacial score (nSPS) is 10.3. The van der Waals surface area contributed by atoms with Gasteiger partial charge in [0.05, 0.1) is 26.1 Å². The van der Waals surface area contributed by atoms with Gasteiger partial charge >= 0.3 is 11.9 Å². The summed E-state index contributed by atoms with van der Waals surface area (Å²) in [7, 11) is 0. The first-order chi connectivity index (χ1) is 12.5. The van der Waals surface area contributed by atoms with Gasteiger partial charge in [-0.2, -0.15) is 0 Å². The second-order valence-electron chi connectivity index (χ2n) is 5.83. The van der Waals surface area contributed by atoms with Crippen molar-refractivity contribution in [2.75, 3.05) is 13.2 Å². The van der Waals surface area contributed by atoms with Crippen LogP contribution in [0, 0.1) is 0 Å². The fourth-order valence-corrected chi connectivity index (χ4v) is 2.34. The molecule has 0 unspecified atom stereocenters. The maximum Gasteiger partial charge on any atom is 0.307 e. The number of benzene rings is 2. The molecule has 138 valence electrons. The van der Waals surface area contributed by atoms with Crippen LogP contribution >= 0.6 is 0 Å². The number of carboxylic acids is 2. The highest BCUT2D eigenvalue weighted by Gasteiger charge is 2.02. The van der Waals surface area contributed by atoms with Crippen LogP contribution in [0.1, 0.15) is 24.0 Å². The summed E-state index contributed by atoms with van der Waals surface area (Å²) >= 11 is 0. The summed E-state index contributed by atoms with van der Waals surface area (Å²) in [6.45, 7) is 1.11. The van der Waals surface area contributed by atoms with Crippen molar-refractivity contribution in [2.24, 2.45) is 0 Å². The SMILES string of the molecule is O=C(O)Cc1ccc(OCCCCOc2ccc(CC(=O)O)cc2)cc1. The van der Waals surface area contributed by atoms with Crippen LogP contribution in [-0.4, -0.2) is 35.4 Å². The average molecular weight is 358 g/mol. The van der Waals surface area contributed by atoms with Gasteiger partial charge in [0.15, 0.2) is 0 Å². The smallest absolute Gasteiger partial charge is 0.307 e. The van der Waals surface area contributed by atoms with Crippen molar-refractivity contribution in [3.05, 3.63) is 59.7 Å². The molecule has 0 aromatic heterocycles. The molecule has 0 saturated heterocycles. The third-order valence-electron chi connectivity index (χ3n) is 3.63. The van der Waals surface area contributed by atoms with Gasteiger partial charge in [-0.05, 0) is 48.2 Å². The number of hydrogen-bond donors (Lipinski definition) is 2. The number of aliphatic carboxylic acids is 2. The van der Waals surface area contributed by atoms with E-state index in [0.717, 1.165) is 24.0 Å². The minimum Gasteiger partial charge on any atom is -0.494 e. The molecule has 0 fully saturated rings. The number of ether oxygens (including phenoxy) is 2. The fraction of sp³-hybridized carbons (Fsp3) is 0.300. The number of carboxylic acid groups (broad SMARTS) is 2. The van der Waals surface area contributed by atoms with Crippen LogP contribution in [-0.2, 0) is 22.4 Å². The van der Waals surface area contributed by atoms with Crippen LogP contribution in [0.25, 0.3) is 0 Å². The second-order valence-corrected chi connectivity index (χ2v) is 5.83. The monoisotopic (exact) mass is 358 g/mol. The number of carbonyl (C=O) groups is 2. The molecule has 0 radical (unpaired) electrons. The number of unbranched alkanes of at least 4 members (excludes halogenated alkanes) is 1. The van der Waals surface area contributed by atoms with E-state index in [0.29, 0.717) is 24.7 Å². The van der Waals surface area contributed by atoms with Crippen LogP contribution in [0.5, 0.6) is 11.5 Å². The van der Waals surface area contributed by atoms with Crippen LogP contribution in [0.2, 0.25) is 0 Å². The lowest BCUT2D eigenvalue weighted by molar-refractivity contribution is -0.137. The maximum atomic E-state index is 10.6. The predicted octanol–water partition coefficient (Wildman–Crippen LogP) is 3.18. The van der Waals surface area contributed by atoms with E-state index in [1.54, 1.807) is 48.5 Å². The summed E-state index contributed by atoms with van der Waals surface area (Å²) in [6, 6.07) is 14.1. The van der Waals surface area contributed by atoms with Crippen LogP contribution < -0.4 is 9.47 Å². The van der Waals surface area contributed by atoms with Crippen molar-refractivity contribution in [3.63, 3.8) is 0 Å². The lowest BCUT2D eigenvalue weighted by Gasteiger charge is -2.08. The largest absolute Gasteiger partial charge is 0.494 e. The molecular formula is C20H22O6. The Morgan fingerprint density at radius 1 is 0.654 bits per heavy atom. The zero-order valence-corrected chi connectivity index (χ0v) is 14.4. The molecular weight excluding hydrogens is 336 g/mol. The summed E-state index contributed by atoms with van der Waals surface area (Å²) in [5.41, 5.74) is 1.49. The second kappa shape index (κ2) is 10.1. The molecule has 2 aromatic rings. The molecule has 0 aliphatic carbocycles. The van der Waals surface area contributed by atoms with E-state index in [1.165, 1.54) is 0 Å². The van der Waals surface area contributed by atoms with Gasteiger partial charge in [0.2, 0.25) is 0 Å². The molecule has 0 atom stereocenters. The van der Waals surface area contributed by atoms with E-state index < -0.39 is 11.9 Å². The van der Waals surface area contributed by atoms with Crippen molar-refractivity contribution < 1.29 is 29.3 Å². The first-order valence-corrected chi connectivity index (χ1v) is 8.40. The zero-order chi connectivity index (χ0) is 18.8. The highest BCUT2D eigenvalue weighted by Crippen LogP contribution is 2.15. The molecule has 2 aromatic carbocycles. The zero-order valence-electron chi connectivity index (χ0n) is 14.4. The fourth-order valence-electron chi connectivity index (χ4n) is 2.34. The van der Waals surface area contributed by atoms with Gasteiger partial charge in [-0.15, -0.1) is 0 Å². The Bertz CT molecular complexity index is 643. The summed E-state index contributed by atoms with van der Waals surface area (Å²) in [5, 5.41) is 17.4. The molecule has 0 heterocycles. The highest BCUT2D eigenvalue weighted by molar-refractivity contribution is 5.70. The first kappa shape index (κ1) is 19.3. The lowest BCUT2D eigenvalue weighted by Crippen LogP contribution is -2.03. The molecule has 0 saturated carbocycles. The lowest BCUT2D eigenvalue weighted by atomic mass is 10.1. The summed E-state index contributed by atoms with van der Waals surface area (Å²) < 4.78 is 11.2. The molecule has 0 spiro atoms. The van der Waals surface area contributed by atoms with Crippen molar-refractivity contribution >= 4 is 11.9 Å². The van der Waals surface area contributed by atoms with Crippen LogP contribution in [0.3, 0.4) is 0 Å². The average Bonchev–Trinajstić information content (AvgIpc) is 2.60. The molecule has 0 amide bonds. The number of hydrogen-bond acceptors (Lipinski definition) is 4. The predicted molar refractivity (Wildman–Crippen MR) is 95.8 cm³/mol. The quantitative estimate of drug-likeness (QED) is 0.599. The van der Waals surface area contributed by atoms with Gasteiger partial charge < -0.3 is 19.7 Å². The van der Waals surface area contributed by atoms with E-state index in [-0.39, 0.29) is 12.8 Å². The maximum absolute atomic E-state index is 10.6. The van der Waals surface area contributed by atoms with E-state index in [4.69, 9.17) is 19.7 Å². The molecule has 0 aliphatic heterocycles. The van der Waals surface area contributed by atoms with Gasteiger partial charge in [-0.3, -0.25) is 9.59 Å². The molecule has 6 nitrogen and oxygen atoms in total. The topological polar surface area (TPSA) is 93.1 Å². The molecule has 6 heteroatoms.